The first-order chi connectivity index (χ1) is 9.06. The molecule has 0 saturated carbocycles. The summed E-state index contributed by atoms with van der Waals surface area (Å²) in [6.45, 7) is 3.64. The van der Waals surface area contributed by atoms with Crippen LogP contribution in [0.3, 0.4) is 0 Å². The van der Waals surface area contributed by atoms with E-state index < -0.39 is 0 Å². The summed E-state index contributed by atoms with van der Waals surface area (Å²) in [6.07, 6.45) is 0.383. The highest BCUT2D eigenvalue weighted by molar-refractivity contribution is 5.81. The van der Waals surface area contributed by atoms with E-state index >= 15 is 0 Å². The van der Waals surface area contributed by atoms with Gasteiger partial charge in [-0.3, -0.25) is 4.79 Å². The molecular formula is C14H15FN2O2. The molecule has 0 aliphatic rings. The van der Waals surface area contributed by atoms with Crippen LogP contribution in [0.5, 0.6) is 0 Å². The Labute approximate surface area is 110 Å². The lowest BCUT2D eigenvalue weighted by molar-refractivity contribution is -0.121. The van der Waals surface area contributed by atoms with Crippen molar-refractivity contribution in [1.29, 1.82) is 0 Å². The monoisotopic (exact) mass is 262 g/mol. The molecule has 1 heterocycles. The number of benzene rings is 1. The summed E-state index contributed by atoms with van der Waals surface area (Å²) in [5.41, 5.74) is 0.505. The lowest BCUT2D eigenvalue weighted by Crippen LogP contribution is -2.10. The zero-order chi connectivity index (χ0) is 13.8. The molecule has 1 aromatic carbocycles. The maximum atomic E-state index is 13.5. The average molecular weight is 262 g/mol. The molecule has 100 valence electrons. The van der Waals surface area contributed by atoms with Crippen molar-refractivity contribution in [1.82, 2.24) is 10.1 Å². The van der Waals surface area contributed by atoms with Gasteiger partial charge in [-0.2, -0.15) is 4.98 Å². The summed E-state index contributed by atoms with van der Waals surface area (Å²) < 4.78 is 18.5. The van der Waals surface area contributed by atoms with Crippen LogP contribution in [0.2, 0.25) is 0 Å². The average Bonchev–Trinajstić information content (AvgIpc) is 2.79. The number of carbonyl (C=O) groups is 1. The molecule has 19 heavy (non-hydrogen) atoms. The molecule has 0 atom stereocenters. The number of halogens is 1. The smallest absolute Gasteiger partial charge is 0.234 e. The third kappa shape index (κ3) is 3.47. The van der Waals surface area contributed by atoms with Crippen molar-refractivity contribution in [2.75, 3.05) is 0 Å². The van der Waals surface area contributed by atoms with E-state index in [9.17, 15) is 9.18 Å². The van der Waals surface area contributed by atoms with Crippen LogP contribution >= 0.6 is 0 Å². The molecule has 0 bridgehead atoms. The number of rotatable bonds is 5. The summed E-state index contributed by atoms with van der Waals surface area (Å²) >= 11 is 0. The predicted octanol–water partition coefficient (Wildman–Crippen LogP) is 2.57. The van der Waals surface area contributed by atoms with Gasteiger partial charge in [0, 0.05) is 12.3 Å². The second kappa shape index (κ2) is 5.73. The number of aromatic nitrogens is 2. The van der Waals surface area contributed by atoms with Crippen LogP contribution in [0.4, 0.5) is 4.39 Å². The minimum atomic E-state index is -0.299. The Kier molecular flexibility index (Phi) is 4.04. The van der Waals surface area contributed by atoms with Crippen molar-refractivity contribution >= 4 is 5.78 Å². The fourth-order valence-corrected chi connectivity index (χ4v) is 1.60. The highest BCUT2D eigenvalue weighted by Crippen LogP contribution is 2.12. The zero-order valence-electron chi connectivity index (χ0n) is 10.9. The van der Waals surface area contributed by atoms with Gasteiger partial charge >= 0.3 is 0 Å². The van der Waals surface area contributed by atoms with Crippen LogP contribution in [-0.4, -0.2) is 15.9 Å². The Morgan fingerprint density at radius 2 is 2.11 bits per heavy atom. The molecule has 0 aliphatic heterocycles. The molecule has 5 heteroatoms. The van der Waals surface area contributed by atoms with E-state index in [0.29, 0.717) is 11.4 Å². The minimum absolute atomic E-state index is 0.0427. The molecule has 0 unspecified atom stereocenters. The van der Waals surface area contributed by atoms with Crippen molar-refractivity contribution in [3.63, 3.8) is 0 Å². The SMILES string of the molecule is CC(C)C(=O)Cc1nc(Cc2ccccc2F)no1. The van der Waals surface area contributed by atoms with E-state index in [2.05, 4.69) is 10.1 Å². The number of ketones is 1. The summed E-state index contributed by atoms with van der Waals surface area (Å²) in [5.74, 6) is 0.344. The van der Waals surface area contributed by atoms with Crippen LogP contribution < -0.4 is 0 Å². The molecule has 0 radical (unpaired) electrons. The van der Waals surface area contributed by atoms with Crippen LogP contribution in [0.15, 0.2) is 28.8 Å². The van der Waals surface area contributed by atoms with Crippen LogP contribution in [0.25, 0.3) is 0 Å². The largest absolute Gasteiger partial charge is 0.339 e. The molecule has 2 aromatic rings. The molecule has 0 amide bonds. The maximum Gasteiger partial charge on any atom is 0.234 e. The Morgan fingerprint density at radius 1 is 1.37 bits per heavy atom. The third-order valence-electron chi connectivity index (χ3n) is 2.79. The second-order valence-corrected chi connectivity index (χ2v) is 4.67. The van der Waals surface area contributed by atoms with Crippen LogP contribution in [0.1, 0.15) is 31.1 Å². The highest BCUT2D eigenvalue weighted by atomic mass is 19.1. The van der Waals surface area contributed by atoms with Crippen molar-refractivity contribution in [3.8, 4) is 0 Å². The van der Waals surface area contributed by atoms with Crippen molar-refractivity contribution < 1.29 is 13.7 Å². The van der Waals surface area contributed by atoms with Crippen molar-refractivity contribution in [2.45, 2.75) is 26.7 Å². The van der Waals surface area contributed by atoms with Gasteiger partial charge in [-0.15, -0.1) is 0 Å². The number of hydrogen-bond donors (Lipinski definition) is 0. The molecule has 0 fully saturated rings. The van der Waals surface area contributed by atoms with E-state index in [1.54, 1.807) is 18.2 Å². The van der Waals surface area contributed by atoms with E-state index in [1.165, 1.54) is 6.07 Å². The fraction of sp³-hybridized carbons (Fsp3) is 0.357. The molecule has 2 rings (SSSR count). The molecule has 4 nitrogen and oxygen atoms in total. The molecular weight excluding hydrogens is 247 g/mol. The number of Topliss-reactive ketones (excluding diaryl/α,β-unsaturated/α-hetero) is 1. The van der Waals surface area contributed by atoms with Gasteiger partial charge < -0.3 is 4.52 Å². The van der Waals surface area contributed by atoms with Gasteiger partial charge in [0.05, 0.1) is 6.42 Å². The Balaban J connectivity index is 2.06. The highest BCUT2D eigenvalue weighted by Gasteiger charge is 2.14. The topological polar surface area (TPSA) is 56.0 Å². The molecule has 0 aliphatic carbocycles. The summed E-state index contributed by atoms with van der Waals surface area (Å²) in [5, 5.41) is 3.76. The normalized spacial score (nSPS) is 10.9. The molecule has 0 N–H and O–H groups in total. The summed E-state index contributed by atoms with van der Waals surface area (Å²) in [6, 6.07) is 6.44. The van der Waals surface area contributed by atoms with Gasteiger partial charge in [0.2, 0.25) is 5.89 Å². The lowest BCUT2D eigenvalue weighted by atomic mass is 10.1. The standard InChI is InChI=1S/C14H15FN2O2/c1-9(2)12(18)8-14-16-13(17-19-14)7-10-5-3-4-6-11(10)15/h3-6,9H,7-8H2,1-2H3. The Bertz CT molecular complexity index is 578. The van der Waals surface area contributed by atoms with Gasteiger partial charge in [0.1, 0.15) is 11.6 Å². The van der Waals surface area contributed by atoms with Crippen LogP contribution in [0, 0.1) is 11.7 Å². The zero-order valence-corrected chi connectivity index (χ0v) is 10.9. The molecule has 1 aromatic heterocycles. The van der Waals surface area contributed by atoms with E-state index in [4.69, 9.17) is 4.52 Å². The van der Waals surface area contributed by atoms with Gasteiger partial charge in [-0.05, 0) is 11.6 Å². The second-order valence-electron chi connectivity index (χ2n) is 4.67. The quantitative estimate of drug-likeness (QED) is 0.831. The van der Waals surface area contributed by atoms with E-state index in [0.717, 1.165) is 0 Å². The minimum Gasteiger partial charge on any atom is -0.339 e. The van der Waals surface area contributed by atoms with Crippen molar-refractivity contribution in [3.05, 3.63) is 47.4 Å². The number of nitrogens with zero attached hydrogens (tertiary/aromatic N) is 2. The Hall–Kier alpha value is -2.04. The van der Waals surface area contributed by atoms with Crippen LogP contribution in [-0.2, 0) is 17.6 Å². The van der Waals surface area contributed by atoms with Crippen molar-refractivity contribution in [2.24, 2.45) is 5.92 Å². The Morgan fingerprint density at radius 3 is 2.79 bits per heavy atom. The lowest BCUT2D eigenvalue weighted by Gasteiger charge is -1.99. The number of carbonyl (C=O) groups excluding carboxylic acids is 1. The van der Waals surface area contributed by atoms with E-state index in [-0.39, 0.29) is 36.3 Å². The van der Waals surface area contributed by atoms with Gasteiger partial charge in [0.25, 0.3) is 0 Å². The van der Waals surface area contributed by atoms with Gasteiger partial charge in [-0.1, -0.05) is 37.2 Å². The van der Waals surface area contributed by atoms with Gasteiger partial charge in [-0.25, -0.2) is 4.39 Å². The first-order valence-corrected chi connectivity index (χ1v) is 6.14. The third-order valence-corrected chi connectivity index (χ3v) is 2.79. The first-order valence-electron chi connectivity index (χ1n) is 6.14. The molecule has 0 saturated heterocycles. The maximum absolute atomic E-state index is 13.5. The summed E-state index contributed by atoms with van der Waals surface area (Å²) in [4.78, 5) is 15.6. The summed E-state index contributed by atoms with van der Waals surface area (Å²) in [7, 11) is 0. The fourth-order valence-electron chi connectivity index (χ4n) is 1.60. The predicted molar refractivity (Wildman–Crippen MR) is 67.1 cm³/mol. The van der Waals surface area contributed by atoms with E-state index in [1.807, 2.05) is 13.8 Å². The first kappa shape index (κ1) is 13.4. The number of hydrogen-bond acceptors (Lipinski definition) is 4. The van der Waals surface area contributed by atoms with Gasteiger partial charge in [0.15, 0.2) is 5.82 Å². The molecule has 0 spiro atoms.